The first kappa shape index (κ1) is 37.7. The second kappa shape index (κ2) is 10.6. The van der Waals surface area contributed by atoms with Gasteiger partial charge in [-0.15, -0.1) is 5.70 Å². The van der Waals surface area contributed by atoms with E-state index in [1.54, 1.807) is 0 Å². The van der Waals surface area contributed by atoms with Crippen LogP contribution in [-0.2, 0) is 4.74 Å². The SMILES string of the molecule is CO[C@@H]1[C@@H](C2=C[Si]([Si](C)(C)C(C)(C)C)([Si](C)(C)C(C)(C)C)[Si]2([Si](C)(C)C(C)(C)C)[Si](C)(C)C(C)(C)C)[C@@H]1c1ccccc1. The van der Waals surface area contributed by atoms with Crippen molar-refractivity contribution in [3.63, 3.8) is 0 Å². The lowest BCUT2D eigenvalue weighted by molar-refractivity contribution is 0.170. The molecule has 2 aliphatic rings. The first-order valence-electron chi connectivity index (χ1n) is 17.2. The van der Waals surface area contributed by atoms with E-state index in [0.717, 1.165) is 0 Å². The summed E-state index contributed by atoms with van der Waals surface area (Å²) in [7, 11) is -5.37. The van der Waals surface area contributed by atoms with Crippen molar-refractivity contribution in [3.05, 3.63) is 46.8 Å². The van der Waals surface area contributed by atoms with Crippen LogP contribution in [0.2, 0.25) is 72.5 Å². The summed E-state index contributed by atoms with van der Waals surface area (Å²) in [4.78, 5) is 0. The quantitative estimate of drug-likeness (QED) is 0.259. The maximum atomic E-state index is 6.51. The summed E-state index contributed by atoms with van der Waals surface area (Å²) in [6.45, 7) is 51.6. The molecule has 1 fully saturated rings. The molecule has 0 unspecified atom stereocenters. The van der Waals surface area contributed by atoms with Gasteiger partial charge in [-0.3, -0.25) is 0 Å². The molecule has 0 aromatic heterocycles. The number of hydrogen-bond donors (Lipinski definition) is 0. The first-order chi connectivity index (χ1) is 18.9. The molecule has 1 aromatic carbocycles. The van der Waals surface area contributed by atoms with E-state index in [1.807, 2.05) is 7.11 Å². The molecule has 1 heterocycles. The fourth-order valence-corrected chi connectivity index (χ4v) is 236. The second-order valence-electron chi connectivity index (χ2n) is 20.8. The Morgan fingerprint density at radius 2 is 0.884 bits per heavy atom. The van der Waals surface area contributed by atoms with E-state index in [9.17, 15) is 0 Å². The molecule has 0 saturated heterocycles. The lowest BCUT2D eigenvalue weighted by Gasteiger charge is -2.81. The van der Waals surface area contributed by atoms with Crippen LogP contribution in [0.15, 0.2) is 41.2 Å². The number of benzene rings is 1. The molecule has 1 aliphatic carbocycles. The molecule has 1 aromatic rings. The Kier molecular flexibility index (Phi) is 9.30. The van der Waals surface area contributed by atoms with E-state index < -0.39 is 43.6 Å². The van der Waals surface area contributed by atoms with E-state index >= 15 is 0 Å². The van der Waals surface area contributed by atoms with Gasteiger partial charge in [0.05, 0.1) is 19.4 Å². The maximum Gasteiger partial charge on any atom is 0.0714 e. The highest BCUT2D eigenvalue weighted by Gasteiger charge is 2.88. The molecule has 0 amide bonds. The van der Waals surface area contributed by atoms with Gasteiger partial charge < -0.3 is 4.74 Å². The van der Waals surface area contributed by atoms with Gasteiger partial charge in [-0.1, -0.05) is 171 Å². The number of hydrogen-bond acceptors (Lipinski definition) is 1. The predicted molar refractivity (Wildman–Crippen MR) is 212 cm³/mol. The van der Waals surface area contributed by atoms with Crippen molar-refractivity contribution in [1.29, 1.82) is 0 Å². The van der Waals surface area contributed by atoms with Crippen LogP contribution >= 0.6 is 0 Å². The van der Waals surface area contributed by atoms with Crippen LogP contribution in [0.5, 0.6) is 0 Å². The average molecular weight is 689 g/mol. The van der Waals surface area contributed by atoms with Gasteiger partial charge >= 0.3 is 0 Å². The highest BCUT2D eigenvalue weighted by molar-refractivity contribution is 8.13. The molecule has 3 rings (SSSR count). The smallest absolute Gasteiger partial charge is 0.0714 e. The molecule has 0 spiro atoms. The van der Waals surface area contributed by atoms with Gasteiger partial charge in [0, 0.05) is 49.3 Å². The molecule has 7 heteroatoms. The van der Waals surface area contributed by atoms with Gasteiger partial charge in [0.2, 0.25) is 0 Å². The van der Waals surface area contributed by atoms with Crippen LogP contribution < -0.4 is 0 Å². The largest absolute Gasteiger partial charge is 0.380 e. The van der Waals surface area contributed by atoms with Gasteiger partial charge in [-0.25, -0.2) is 0 Å². The minimum absolute atomic E-state index is 0.334. The number of methoxy groups -OCH3 is 1. The van der Waals surface area contributed by atoms with E-state index in [-0.39, 0.29) is 0 Å². The lowest BCUT2D eigenvalue weighted by Crippen LogP contribution is -3.05. The predicted octanol–water partition coefficient (Wildman–Crippen LogP) is 11.8. The zero-order valence-electron chi connectivity index (χ0n) is 32.6. The summed E-state index contributed by atoms with van der Waals surface area (Å²) in [6.07, 6.45) is 0.334. The van der Waals surface area contributed by atoms with Crippen molar-refractivity contribution >= 4 is 43.6 Å². The highest BCUT2D eigenvalue weighted by Crippen LogP contribution is 2.73. The van der Waals surface area contributed by atoms with Gasteiger partial charge in [0.25, 0.3) is 0 Å². The summed E-state index contributed by atoms with van der Waals surface area (Å²) >= 11 is 0. The van der Waals surface area contributed by atoms with Crippen LogP contribution in [-0.4, -0.2) is 56.8 Å². The standard InChI is InChI=1S/C36H72OSi6/c1-33(2,3)38(14,15)42(39(16,17)34(4,5)6)27-29(31-30(32(31)37-13)28-25-23-22-24-26-28)43(42,40(18,19)35(7,8)9)41(20,21)36(10,11)12/h22-27,30-32H,1-21H3/t30-,31-,32-/m0/s1. The minimum atomic E-state index is -2.08. The Bertz CT molecular complexity index is 1160. The zero-order valence-corrected chi connectivity index (χ0v) is 38.6. The molecular weight excluding hydrogens is 617 g/mol. The second-order valence-corrected chi connectivity index (χ2v) is 81.7. The zero-order chi connectivity index (χ0) is 33.8. The molecule has 3 atom stereocenters. The number of ether oxygens (including phenoxy) is 1. The van der Waals surface area contributed by atoms with Crippen LogP contribution in [0.25, 0.3) is 0 Å². The monoisotopic (exact) mass is 688 g/mol. The van der Waals surface area contributed by atoms with Crippen molar-refractivity contribution < 1.29 is 4.74 Å². The van der Waals surface area contributed by atoms with E-state index in [2.05, 4.69) is 177 Å². The molecule has 1 aliphatic heterocycles. The van der Waals surface area contributed by atoms with E-state index in [0.29, 0.717) is 38.1 Å². The third kappa shape index (κ3) is 4.73. The molecule has 0 radical (unpaired) electrons. The molecule has 43 heavy (non-hydrogen) atoms. The summed E-state index contributed by atoms with van der Waals surface area (Å²) in [6, 6.07) is 11.5. The molecular formula is C36H72OSi6. The minimum Gasteiger partial charge on any atom is -0.380 e. The molecule has 0 bridgehead atoms. The van der Waals surface area contributed by atoms with Gasteiger partial charge in [-0.05, 0) is 25.7 Å². The van der Waals surface area contributed by atoms with Crippen molar-refractivity contribution in [3.8, 4) is 0 Å². The highest BCUT2D eigenvalue weighted by atomic mass is 30.2. The molecule has 0 N–H and O–H groups in total. The van der Waals surface area contributed by atoms with Gasteiger partial charge in [0.15, 0.2) is 0 Å². The molecule has 1 nitrogen and oxygen atoms in total. The number of rotatable bonds is 7. The first-order valence-corrected chi connectivity index (χ1v) is 38.3. The Hall–Kier alpha value is 0.221. The van der Waals surface area contributed by atoms with Gasteiger partial charge in [0.1, 0.15) is 0 Å². The van der Waals surface area contributed by atoms with Crippen molar-refractivity contribution in [2.45, 2.75) is 168 Å². The third-order valence-corrected chi connectivity index (χ3v) is 149. The summed E-state index contributed by atoms with van der Waals surface area (Å²) in [5, 5.41) is 3.53. The van der Waals surface area contributed by atoms with E-state index in [1.165, 1.54) is 5.56 Å². The van der Waals surface area contributed by atoms with Crippen LogP contribution in [0.1, 0.15) is 94.6 Å². The van der Waals surface area contributed by atoms with Gasteiger partial charge in [-0.2, -0.15) is 0 Å². The normalized spacial score (nSPS) is 25.2. The Labute approximate surface area is 274 Å². The average Bonchev–Trinajstić information content (AvgIpc) is 3.49. The Balaban J connectivity index is 2.72. The maximum absolute atomic E-state index is 6.51. The Morgan fingerprint density at radius 3 is 1.19 bits per heavy atom. The van der Waals surface area contributed by atoms with Crippen molar-refractivity contribution in [2.75, 3.05) is 7.11 Å². The summed E-state index contributed by atoms with van der Waals surface area (Å²) in [5.41, 5.74) is 4.78. The Morgan fingerprint density at radius 1 is 0.535 bits per heavy atom. The third-order valence-electron chi connectivity index (χ3n) is 15.5. The van der Waals surface area contributed by atoms with Crippen LogP contribution in [0.4, 0.5) is 0 Å². The van der Waals surface area contributed by atoms with Crippen LogP contribution in [0, 0.1) is 5.92 Å². The van der Waals surface area contributed by atoms with Crippen molar-refractivity contribution in [1.82, 2.24) is 0 Å². The molecule has 246 valence electrons. The fourth-order valence-electron chi connectivity index (χ4n) is 9.84. The van der Waals surface area contributed by atoms with Crippen LogP contribution in [0.3, 0.4) is 0 Å². The topological polar surface area (TPSA) is 9.23 Å². The summed E-state index contributed by atoms with van der Waals surface area (Å²) < 4.78 is 6.51. The van der Waals surface area contributed by atoms with Crippen molar-refractivity contribution in [2.24, 2.45) is 5.92 Å². The summed E-state index contributed by atoms with van der Waals surface area (Å²) in [5.74, 6) is 1.10. The molecule has 1 saturated carbocycles. The fraction of sp³-hybridized carbons (Fsp3) is 0.778. The lowest BCUT2D eigenvalue weighted by atomic mass is 10.1. The van der Waals surface area contributed by atoms with E-state index in [4.69, 9.17) is 4.74 Å².